The summed E-state index contributed by atoms with van der Waals surface area (Å²) in [5.74, 6) is 2.68. The van der Waals surface area contributed by atoms with Gasteiger partial charge in [-0.25, -0.2) is 14.4 Å². The maximum absolute atomic E-state index is 14.4. The third-order valence-electron chi connectivity index (χ3n) is 11.0. The van der Waals surface area contributed by atoms with Crippen molar-refractivity contribution in [2.75, 3.05) is 25.0 Å². The summed E-state index contributed by atoms with van der Waals surface area (Å²) >= 11 is 0. The Hall–Kier alpha value is -3.26. The molecular weight excluding hydrogens is 551 g/mol. The monoisotopic (exact) mass is 600 g/mol. The van der Waals surface area contributed by atoms with Gasteiger partial charge in [0.2, 0.25) is 0 Å². The molecule has 2 bridgehead atoms. The van der Waals surface area contributed by atoms with Crippen LogP contribution in [0.5, 0.6) is 0 Å². The van der Waals surface area contributed by atoms with Gasteiger partial charge in [0.25, 0.3) is 5.56 Å². The van der Waals surface area contributed by atoms with Crippen molar-refractivity contribution >= 4 is 22.5 Å². The lowest BCUT2D eigenvalue weighted by atomic mass is 9.45. The van der Waals surface area contributed by atoms with Gasteiger partial charge in [-0.1, -0.05) is 53.7 Å². The van der Waals surface area contributed by atoms with E-state index < -0.39 is 0 Å². The minimum atomic E-state index is -0.235. The van der Waals surface area contributed by atoms with Crippen molar-refractivity contribution < 1.29 is 4.39 Å². The number of anilines is 1. The fourth-order valence-corrected chi connectivity index (χ4v) is 7.79. The van der Waals surface area contributed by atoms with Crippen molar-refractivity contribution in [3.8, 4) is 0 Å². The lowest BCUT2D eigenvalue weighted by molar-refractivity contribution is -0.108. The summed E-state index contributed by atoms with van der Waals surface area (Å²) in [6, 6.07) is 11.6. The molecule has 8 heteroatoms. The number of fused-ring (bicyclic) bond motifs is 3. The van der Waals surface area contributed by atoms with Crippen LogP contribution in [-0.2, 0) is 13.0 Å². The van der Waals surface area contributed by atoms with E-state index in [-0.39, 0.29) is 16.8 Å². The van der Waals surface area contributed by atoms with Crippen LogP contribution in [0.4, 0.5) is 10.1 Å². The number of rotatable bonds is 5. The van der Waals surface area contributed by atoms with Crippen molar-refractivity contribution in [2.45, 2.75) is 86.4 Å². The number of nitrogens with one attached hydrogen (secondary N) is 2. The van der Waals surface area contributed by atoms with Gasteiger partial charge >= 0.3 is 0 Å². The lowest BCUT2D eigenvalue weighted by Gasteiger charge is -2.61. The van der Waals surface area contributed by atoms with Crippen molar-refractivity contribution in [1.29, 1.82) is 0 Å². The van der Waals surface area contributed by atoms with Gasteiger partial charge in [-0.15, -0.1) is 0 Å². The molecule has 4 fully saturated rings. The number of hydrogen-bond donors (Lipinski definition) is 2. The topological polar surface area (TPSA) is 74.6 Å². The molecule has 5 atom stereocenters. The highest BCUT2D eigenvalue weighted by Gasteiger charge is 2.56. The van der Waals surface area contributed by atoms with Crippen molar-refractivity contribution in [3.05, 3.63) is 70.0 Å². The van der Waals surface area contributed by atoms with Crippen LogP contribution in [0.15, 0.2) is 52.5 Å². The van der Waals surface area contributed by atoms with Gasteiger partial charge in [0.1, 0.15) is 5.82 Å². The predicted molar refractivity (Wildman–Crippen MR) is 178 cm³/mol. The molecular formula is C36H49FN6O. The zero-order chi connectivity index (χ0) is 31.4. The van der Waals surface area contributed by atoms with Gasteiger partial charge in [-0.3, -0.25) is 9.36 Å². The molecule has 0 amide bonds. The third-order valence-corrected chi connectivity index (χ3v) is 11.0. The Labute approximate surface area is 261 Å². The molecule has 236 valence electrons. The Morgan fingerprint density at radius 2 is 1.98 bits per heavy atom. The highest BCUT2D eigenvalue weighted by Crippen LogP contribution is 2.61. The number of aliphatic imine (C=N–C) groups is 1. The number of benzene rings is 2. The molecule has 3 aromatic rings. The molecule has 2 N–H and O–H groups in total. The first-order valence-electron chi connectivity index (χ1n) is 16.4. The predicted octanol–water partition coefficient (Wildman–Crippen LogP) is 6.25. The maximum Gasteiger partial charge on any atom is 0.261 e. The summed E-state index contributed by atoms with van der Waals surface area (Å²) < 4.78 is 15.9. The summed E-state index contributed by atoms with van der Waals surface area (Å²) in [5, 5.41) is 7.95. The van der Waals surface area contributed by atoms with Gasteiger partial charge in [0.05, 0.1) is 23.3 Å². The summed E-state index contributed by atoms with van der Waals surface area (Å²) in [6.45, 7) is 19.0. The lowest BCUT2D eigenvalue weighted by Crippen LogP contribution is -2.59. The molecule has 1 aromatic heterocycles. The highest BCUT2D eigenvalue weighted by molar-refractivity contribution is 5.96. The van der Waals surface area contributed by atoms with Crippen LogP contribution in [0.1, 0.15) is 65.5 Å². The second-order valence-electron chi connectivity index (χ2n) is 15.2. The summed E-state index contributed by atoms with van der Waals surface area (Å²) in [4.78, 5) is 25.9. The second-order valence-corrected chi connectivity index (χ2v) is 15.2. The first-order valence-corrected chi connectivity index (χ1v) is 16.4. The van der Waals surface area contributed by atoms with Crippen LogP contribution < -0.4 is 16.2 Å². The van der Waals surface area contributed by atoms with Gasteiger partial charge in [0.15, 0.2) is 5.96 Å². The molecule has 3 aliphatic carbocycles. The van der Waals surface area contributed by atoms with E-state index in [1.807, 2.05) is 31.2 Å². The molecule has 0 unspecified atom stereocenters. The standard InChI is InChI=1S/C36H49FN6O/c1-22-8-9-24(29(37)16-22)12-14-43-21-39-31-19-26(10-11-27(31)33(43)44)40-34(42-15-13-38-32(20-42)35(3,4)5)41-30-18-25-17-28(23(30)2)36(25,6)7/h8-11,16,19,21,23,25,28,30,32,38H,12-15,17-18,20H2,1-7H3,(H,40,41)/t23-,25-,28+,30-,32+/m0/s1. The Morgan fingerprint density at radius 3 is 2.68 bits per heavy atom. The van der Waals surface area contributed by atoms with E-state index in [4.69, 9.17) is 4.99 Å². The van der Waals surface area contributed by atoms with E-state index in [2.05, 4.69) is 62.1 Å². The number of aryl methyl sites for hydroxylation is 3. The van der Waals surface area contributed by atoms with Gasteiger partial charge < -0.3 is 15.5 Å². The van der Waals surface area contributed by atoms with Gasteiger partial charge in [0, 0.05) is 37.9 Å². The average Bonchev–Trinajstić information content (AvgIpc) is 2.97. The quantitative estimate of drug-likeness (QED) is 0.268. The Bertz CT molecular complexity index is 1620. The van der Waals surface area contributed by atoms with Crippen LogP contribution in [-0.4, -0.2) is 52.1 Å². The Kier molecular flexibility index (Phi) is 8.10. The largest absolute Gasteiger partial charge is 0.340 e. The molecule has 4 aliphatic rings. The number of aromatic nitrogens is 2. The minimum absolute atomic E-state index is 0.115. The zero-order valence-electron chi connectivity index (χ0n) is 27.5. The first-order chi connectivity index (χ1) is 20.8. The second kappa shape index (κ2) is 11.6. The number of nitrogens with zero attached hydrogens (tertiary/aromatic N) is 4. The van der Waals surface area contributed by atoms with E-state index >= 15 is 0 Å². The molecule has 0 spiro atoms. The molecule has 3 saturated carbocycles. The minimum Gasteiger partial charge on any atom is -0.340 e. The summed E-state index contributed by atoms with van der Waals surface area (Å²) in [6.07, 6.45) is 4.47. The number of halogens is 1. The number of hydrogen-bond acceptors (Lipinski definition) is 4. The number of piperazine rings is 1. The SMILES string of the molecule is Cc1ccc(CCn2cnc3cc(N/C(=N/[C@H]4C[C@@H]5C[C@H]([C@@H]4C)C5(C)C)N4CCN[C@@H](C(C)(C)C)C4)ccc3c2=O)c(F)c1. The Morgan fingerprint density at radius 1 is 1.18 bits per heavy atom. The van der Waals surface area contributed by atoms with Crippen LogP contribution in [0.3, 0.4) is 0 Å². The van der Waals surface area contributed by atoms with Crippen molar-refractivity contribution in [3.63, 3.8) is 0 Å². The number of guanidine groups is 1. The summed E-state index contributed by atoms with van der Waals surface area (Å²) in [7, 11) is 0. The van der Waals surface area contributed by atoms with E-state index in [0.717, 1.165) is 55.1 Å². The van der Waals surface area contributed by atoms with E-state index in [1.54, 1.807) is 17.0 Å². The molecule has 2 aromatic carbocycles. The highest BCUT2D eigenvalue weighted by atomic mass is 19.1. The maximum atomic E-state index is 14.4. The molecule has 1 saturated heterocycles. The van der Waals surface area contributed by atoms with Crippen LogP contribution >= 0.6 is 0 Å². The fraction of sp³-hybridized carbons (Fsp3) is 0.583. The first kappa shape index (κ1) is 30.8. The smallest absolute Gasteiger partial charge is 0.261 e. The van der Waals surface area contributed by atoms with Crippen LogP contribution in [0.2, 0.25) is 0 Å². The van der Waals surface area contributed by atoms with Crippen LogP contribution in [0.25, 0.3) is 10.9 Å². The molecule has 0 radical (unpaired) electrons. The van der Waals surface area contributed by atoms with Crippen molar-refractivity contribution in [1.82, 2.24) is 19.8 Å². The average molecular weight is 601 g/mol. The molecule has 44 heavy (non-hydrogen) atoms. The Balaban J connectivity index is 1.25. The molecule has 7 rings (SSSR count). The normalized spacial score (nSPS) is 26.9. The fourth-order valence-electron chi connectivity index (χ4n) is 7.79. The molecule has 2 heterocycles. The van der Waals surface area contributed by atoms with Gasteiger partial charge in [-0.05, 0) is 90.2 Å². The van der Waals surface area contributed by atoms with Crippen molar-refractivity contribution in [2.24, 2.45) is 33.6 Å². The zero-order valence-corrected chi connectivity index (χ0v) is 27.5. The van der Waals surface area contributed by atoms with Crippen LogP contribution in [0, 0.1) is 41.3 Å². The van der Waals surface area contributed by atoms with E-state index in [0.29, 0.717) is 52.8 Å². The third kappa shape index (κ3) is 5.90. The van der Waals surface area contributed by atoms with Gasteiger partial charge in [-0.2, -0.15) is 0 Å². The molecule has 1 aliphatic heterocycles. The molecule has 7 nitrogen and oxygen atoms in total. The summed E-state index contributed by atoms with van der Waals surface area (Å²) in [5.41, 5.74) is 3.43. The van der Waals surface area contributed by atoms with E-state index in [1.165, 1.54) is 12.5 Å². The van der Waals surface area contributed by atoms with E-state index in [9.17, 15) is 9.18 Å².